The fourth-order valence-corrected chi connectivity index (χ4v) is 2.43. The number of carbonyl (C=O) groups excluding carboxylic acids is 1. The van der Waals surface area contributed by atoms with Crippen LogP contribution in [0.25, 0.3) is 0 Å². The minimum Gasteiger partial charge on any atom is -0.463 e. The maximum Gasteiger partial charge on any atom is 0.330 e. The zero-order valence-electron chi connectivity index (χ0n) is 14.4. The monoisotopic (exact) mass is 294 g/mol. The van der Waals surface area contributed by atoms with Gasteiger partial charge in [0.25, 0.3) is 0 Å². The maximum absolute atomic E-state index is 11.3. The molecule has 120 valence electrons. The number of ether oxygens (including phenoxy) is 2. The number of hydrogen-bond donors (Lipinski definition) is 0. The predicted molar refractivity (Wildman–Crippen MR) is 86.2 cm³/mol. The number of allylic oxidation sites excluding steroid dienone is 3. The first-order valence-electron chi connectivity index (χ1n) is 7.90. The highest BCUT2D eigenvalue weighted by atomic mass is 16.6. The molecule has 3 nitrogen and oxygen atoms in total. The van der Waals surface area contributed by atoms with E-state index in [9.17, 15) is 4.79 Å². The Bertz CT molecular complexity index is 432. The van der Waals surface area contributed by atoms with Crippen LogP contribution in [0.4, 0.5) is 0 Å². The largest absolute Gasteiger partial charge is 0.463 e. The normalized spacial score (nSPS) is 24.9. The van der Waals surface area contributed by atoms with Crippen molar-refractivity contribution in [1.29, 1.82) is 0 Å². The lowest BCUT2D eigenvalue weighted by Gasteiger charge is -2.09. The van der Waals surface area contributed by atoms with Crippen molar-refractivity contribution in [2.45, 2.75) is 78.4 Å². The van der Waals surface area contributed by atoms with Gasteiger partial charge in [-0.1, -0.05) is 17.2 Å². The first-order chi connectivity index (χ1) is 9.70. The summed E-state index contributed by atoms with van der Waals surface area (Å²) in [7, 11) is 0. The second-order valence-electron chi connectivity index (χ2n) is 6.68. The van der Waals surface area contributed by atoms with Crippen molar-refractivity contribution in [2.24, 2.45) is 0 Å². The van der Waals surface area contributed by atoms with Gasteiger partial charge in [0, 0.05) is 6.08 Å². The summed E-state index contributed by atoms with van der Waals surface area (Å²) >= 11 is 0. The van der Waals surface area contributed by atoms with Crippen molar-refractivity contribution >= 4 is 5.97 Å². The molecule has 0 N–H and O–H groups in total. The van der Waals surface area contributed by atoms with E-state index >= 15 is 0 Å². The van der Waals surface area contributed by atoms with Gasteiger partial charge in [-0.15, -0.1) is 0 Å². The SMILES string of the molecule is CCOC(=O)/C=C(\C)CC/C=C(\C)CCC1(C)OC1(C)C. The molecule has 0 aromatic rings. The molecule has 0 bridgehead atoms. The smallest absolute Gasteiger partial charge is 0.330 e. The van der Waals surface area contributed by atoms with Crippen molar-refractivity contribution in [3.8, 4) is 0 Å². The molecule has 1 fully saturated rings. The van der Waals surface area contributed by atoms with Crippen LogP contribution in [0.15, 0.2) is 23.3 Å². The molecule has 0 aromatic heterocycles. The fourth-order valence-electron chi connectivity index (χ4n) is 2.43. The Morgan fingerprint density at radius 3 is 2.29 bits per heavy atom. The van der Waals surface area contributed by atoms with Gasteiger partial charge in [0.1, 0.15) is 0 Å². The Hall–Kier alpha value is -1.09. The molecule has 1 atom stereocenters. The number of rotatable bonds is 8. The fraction of sp³-hybridized carbons (Fsp3) is 0.722. The summed E-state index contributed by atoms with van der Waals surface area (Å²) in [5.41, 5.74) is 2.54. The summed E-state index contributed by atoms with van der Waals surface area (Å²) in [5.74, 6) is -0.239. The Morgan fingerprint density at radius 2 is 1.76 bits per heavy atom. The van der Waals surface area contributed by atoms with Gasteiger partial charge in [-0.25, -0.2) is 4.79 Å². The van der Waals surface area contributed by atoms with Gasteiger partial charge in [-0.3, -0.25) is 0 Å². The van der Waals surface area contributed by atoms with Crippen molar-refractivity contribution in [3.63, 3.8) is 0 Å². The molecule has 0 saturated carbocycles. The van der Waals surface area contributed by atoms with Gasteiger partial charge in [0.2, 0.25) is 0 Å². The van der Waals surface area contributed by atoms with E-state index in [0.717, 1.165) is 31.3 Å². The Morgan fingerprint density at radius 1 is 1.14 bits per heavy atom. The number of hydrogen-bond acceptors (Lipinski definition) is 3. The molecule has 3 heteroatoms. The molecule has 0 spiro atoms. The zero-order valence-corrected chi connectivity index (χ0v) is 14.4. The van der Waals surface area contributed by atoms with E-state index in [4.69, 9.17) is 9.47 Å². The summed E-state index contributed by atoms with van der Waals surface area (Å²) in [4.78, 5) is 11.3. The van der Waals surface area contributed by atoms with E-state index in [2.05, 4.69) is 33.8 Å². The second-order valence-corrected chi connectivity index (χ2v) is 6.68. The highest BCUT2D eigenvalue weighted by Crippen LogP contribution is 2.50. The molecular formula is C18H30O3. The summed E-state index contributed by atoms with van der Waals surface area (Å²) < 4.78 is 10.7. The van der Waals surface area contributed by atoms with Gasteiger partial charge in [0.05, 0.1) is 17.8 Å². The number of esters is 1. The van der Waals surface area contributed by atoms with Crippen molar-refractivity contribution in [3.05, 3.63) is 23.3 Å². The van der Waals surface area contributed by atoms with Gasteiger partial charge < -0.3 is 9.47 Å². The van der Waals surface area contributed by atoms with Crippen LogP contribution in [0, 0.1) is 0 Å². The number of carbonyl (C=O) groups is 1. The summed E-state index contributed by atoms with van der Waals surface area (Å²) in [6.45, 7) is 12.9. The van der Waals surface area contributed by atoms with Gasteiger partial charge in [-0.05, 0) is 67.2 Å². The Labute approximate surface area is 129 Å². The summed E-state index contributed by atoms with van der Waals surface area (Å²) in [6.07, 6.45) is 7.86. The van der Waals surface area contributed by atoms with Gasteiger partial charge in [-0.2, -0.15) is 0 Å². The third-order valence-electron chi connectivity index (χ3n) is 4.39. The lowest BCUT2D eigenvalue weighted by Crippen LogP contribution is -2.16. The summed E-state index contributed by atoms with van der Waals surface area (Å²) in [5, 5.41) is 0. The third-order valence-corrected chi connectivity index (χ3v) is 4.39. The van der Waals surface area contributed by atoms with Crippen LogP contribution in [0.2, 0.25) is 0 Å². The van der Waals surface area contributed by atoms with E-state index in [-0.39, 0.29) is 17.2 Å². The van der Waals surface area contributed by atoms with Gasteiger partial charge >= 0.3 is 5.97 Å². The van der Waals surface area contributed by atoms with E-state index < -0.39 is 0 Å². The van der Waals surface area contributed by atoms with E-state index in [1.807, 2.05) is 13.8 Å². The molecule has 1 unspecified atom stereocenters. The lowest BCUT2D eigenvalue weighted by molar-refractivity contribution is -0.137. The molecule has 0 amide bonds. The zero-order chi connectivity index (χ0) is 16.1. The topological polar surface area (TPSA) is 38.8 Å². The minimum absolute atomic E-state index is 0.0340. The molecule has 1 aliphatic rings. The standard InChI is InChI=1S/C18H30O3/c1-7-20-16(19)13-15(3)10-8-9-14(2)11-12-18(6)17(4,5)21-18/h9,13H,7-8,10-12H2,1-6H3/b14-9+,15-13+. The van der Waals surface area contributed by atoms with E-state index in [1.54, 1.807) is 6.08 Å². The van der Waals surface area contributed by atoms with Crippen LogP contribution in [0.5, 0.6) is 0 Å². The van der Waals surface area contributed by atoms with Crippen molar-refractivity contribution in [1.82, 2.24) is 0 Å². The first kappa shape index (κ1) is 18.0. The Kier molecular flexibility index (Phi) is 6.21. The van der Waals surface area contributed by atoms with E-state index in [1.165, 1.54) is 5.57 Å². The molecule has 1 aliphatic heterocycles. The molecule has 1 heterocycles. The average Bonchev–Trinajstić information content (AvgIpc) is 2.86. The predicted octanol–water partition coefficient (Wildman–Crippen LogP) is 4.57. The molecular weight excluding hydrogens is 264 g/mol. The second kappa shape index (κ2) is 7.26. The number of epoxide rings is 1. The molecule has 21 heavy (non-hydrogen) atoms. The molecule has 0 radical (unpaired) electrons. The van der Waals surface area contributed by atoms with Crippen LogP contribution in [-0.2, 0) is 14.3 Å². The van der Waals surface area contributed by atoms with Crippen molar-refractivity contribution in [2.75, 3.05) is 6.61 Å². The van der Waals surface area contributed by atoms with Crippen molar-refractivity contribution < 1.29 is 14.3 Å². The third kappa shape index (κ3) is 5.66. The van der Waals surface area contributed by atoms with Crippen LogP contribution >= 0.6 is 0 Å². The summed E-state index contributed by atoms with van der Waals surface area (Å²) in [6, 6.07) is 0. The van der Waals surface area contributed by atoms with Crippen LogP contribution in [0.3, 0.4) is 0 Å². The van der Waals surface area contributed by atoms with Crippen LogP contribution in [-0.4, -0.2) is 23.8 Å². The molecule has 1 saturated heterocycles. The quantitative estimate of drug-likeness (QED) is 0.285. The first-order valence-corrected chi connectivity index (χ1v) is 7.90. The maximum atomic E-state index is 11.3. The highest BCUT2D eigenvalue weighted by molar-refractivity contribution is 5.82. The lowest BCUT2D eigenvalue weighted by atomic mass is 9.91. The van der Waals surface area contributed by atoms with Crippen LogP contribution < -0.4 is 0 Å². The minimum atomic E-state index is -0.239. The highest BCUT2D eigenvalue weighted by Gasteiger charge is 2.59. The van der Waals surface area contributed by atoms with Crippen LogP contribution in [0.1, 0.15) is 67.2 Å². The molecule has 0 aliphatic carbocycles. The van der Waals surface area contributed by atoms with Gasteiger partial charge in [0.15, 0.2) is 0 Å². The van der Waals surface area contributed by atoms with E-state index in [0.29, 0.717) is 6.61 Å². The average molecular weight is 294 g/mol. The molecule has 1 rings (SSSR count). The Balaban J connectivity index is 2.28. The molecule has 0 aromatic carbocycles.